The summed E-state index contributed by atoms with van der Waals surface area (Å²) in [4.78, 5) is 4.81. The highest BCUT2D eigenvalue weighted by atomic mass is 16.5. The van der Waals surface area contributed by atoms with Crippen LogP contribution in [0.15, 0.2) is 97.7 Å². The van der Waals surface area contributed by atoms with E-state index in [4.69, 9.17) is 9.72 Å². The Labute approximate surface area is 236 Å². The summed E-state index contributed by atoms with van der Waals surface area (Å²) in [5.41, 5.74) is 5.74. The van der Waals surface area contributed by atoms with E-state index in [1.165, 1.54) is 21.9 Å². The Morgan fingerprint density at radius 2 is 1.48 bits per heavy atom. The SMILES string of the molecule is C[n+]1ccn(-c2cc(Oc3ccc4c5ccccc5n(-c5cc(C(C)(C)C)ccn5)c4c3)cc(C(C)(C)C)c2)c1. The molecule has 0 aliphatic heterocycles. The molecule has 0 fully saturated rings. The van der Waals surface area contributed by atoms with Crippen LogP contribution < -0.4 is 9.30 Å². The molecular formula is C35H37N4O+. The first-order valence-corrected chi connectivity index (χ1v) is 13.8. The maximum Gasteiger partial charge on any atom is 0.248 e. The molecule has 5 heteroatoms. The molecule has 6 aromatic rings. The Hall–Kier alpha value is -4.38. The Balaban J connectivity index is 1.50. The number of hydrogen-bond acceptors (Lipinski definition) is 2. The number of aromatic nitrogens is 4. The molecule has 0 unspecified atom stereocenters. The van der Waals surface area contributed by atoms with Gasteiger partial charge in [0.2, 0.25) is 6.33 Å². The van der Waals surface area contributed by atoms with Crippen LogP contribution in [0.5, 0.6) is 11.5 Å². The maximum atomic E-state index is 6.60. The van der Waals surface area contributed by atoms with Gasteiger partial charge in [-0.1, -0.05) is 59.7 Å². The molecule has 0 N–H and O–H groups in total. The minimum absolute atomic E-state index is 0.0242. The van der Waals surface area contributed by atoms with Crippen LogP contribution in [-0.2, 0) is 17.9 Å². The average molecular weight is 530 g/mol. The number of benzene rings is 3. The summed E-state index contributed by atoms with van der Waals surface area (Å²) in [5, 5.41) is 2.37. The lowest BCUT2D eigenvalue weighted by molar-refractivity contribution is -0.670. The van der Waals surface area contributed by atoms with Gasteiger partial charge in [0, 0.05) is 29.1 Å². The topological polar surface area (TPSA) is 35.9 Å². The van der Waals surface area contributed by atoms with Crippen molar-refractivity contribution in [3.8, 4) is 23.0 Å². The van der Waals surface area contributed by atoms with Crippen LogP contribution in [0.2, 0.25) is 0 Å². The number of pyridine rings is 1. The summed E-state index contributed by atoms with van der Waals surface area (Å²) < 4.78 is 13.0. The molecule has 0 amide bonds. The molecule has 0 saturated carbocycles. The van der Waals surface area contributed by atoms with Gasteiger partial charge < -0.3 is 4.74 Å². The normalized spacial score (nSPS) is 12.4. The zero-order chi connectivity index (χ0) is 28.2. The molecule has 0 aliphatic rings. The Morgan fingerprint density at radius 1 is 0.725 bits per heavy atom. The second-order valence-electron chi connectivity index (χ2n) is 12.7. The largest absolute Gasteiger partial charge is 0.457 e. The molecule has 0 atom stereocenters. The van der Waals surface area contributed by atoms with Gasteiger partial charge in [-0.15, -0.1) is 0 Å². The van der Waals surface area contributed by atoms with Gasteiger partial charge in [-0.3, -0.25) is 4.57 Å². The Morgan fingerprint density at radius 3 is 2.20 bits per heavy atom. The highest BCUT2D eigenvalue weighted by Crippen LogP contribution is 2.37. The number of ether oxygens (including phenoxy) is 1. The second kappa shape index (κ2) is 9.37. The quantitative estimate of drug-likeness (QED) is 0.216. The standard InChI is InChI=1S/C35H37N4O/c1-34(2,3)24-14-15-36-33(20-24)39-31-11-9-8-10-29(31)30-13-12-27(22-32(30)39)40-28-19-25(35(4,5)6)18-26(21-28)38-17-16-37(7)23-38/h8-23H,1-7H3/q+1. The fraction of sp³-hybridized carbons (Fsp3) is 0.257. The Bertz CT molecular complexity index is 1860. The number of imidazole rings is 1. The van der Waals surface area contributed by atoms with Gasteiger partial charge in [0.15, 0.2) is 0 Å². The lowest BCUT2D eigenvalue weighted by Crippen LogP contribution is -2.23. The molecule has 202 valence electrons. The van der Waals surface area contributed by atoms with Crippen molar-refractivity contribution in [1.82, 2.24) is 14.1 Å². The highest BCUT2D eigenvalue weighted by molar-refractivity contribution is 6.09. The molecule has 0 radical (unpaired) electrons. The van der Waals surface area contributed by atoms with Crippen molar-refractivity contribution in [3.05, 3.63) is 109 Å². The van der Waals surface area contributed by atoms with Crippen LogP contribution in [0.25, 0.3) is 33.3 Å². The molecule has 40 heavy (non-hydrogen) atoms. The molecule has 3 aromatic heterocycles. The summed E-state index contributed by atoms with van der Waals surface area (Å²) in [6.07, 6.45) is 8.08. The van der Waals surface area contributed by atoms with Crippen molar-refractivity contribution in [2.75, 3.05) is 0 Å². The van der Waals surface area contributed by atoms with E-state index in [0.29, 0.717) is 0 Å². The van der Waals surface area contributed by atoms with Gasteiger partial charge >= 0.3 is 0 Å². The van der Waals surface area contributed by atoms with Crippen molar-refractivity contribution in [1.29, 1.82) is 0 Å². The van der Waals surface area contributed by atoms with Gasteiger partial charge in [-0.05, 0) is 64.4 Å². The second-order valence-corrected chi connectivity index (χ2v) is 12.7. The van der Waals surface area contributed by atoms with Crippen molar-refractivity contribution in [2.24, 2.45) is 7.05 Å². The van der Waals surface area contributed by atoms with Crippen LogP contribution >= 0.6 is 0 Å². The minimum Gasteiger partial charge on any atom is -0.457 e. The summed E-state index contributed by atoms with van der Waals surface area (Å²) in [6.45, 7) is 13.4. The fourth-order valence-corrected chi connectivity index (χ4v) is 5.23. The molecule has 3 heterocycles. The number of fused-ring (bicyclic) bond motifs is 3. The predicted molar refractivity (Wildman–Crippen MR) is 163 cm³/mol. The minimum atomic E-state index is -0.0242. The lowest BCUT2D eigenvalue weighted by atomic mass is 9.86. The van der Waals surface area contributed by atoms with E-state index in [0.717, 1.165) is 34.0 Å². The molecule has 0 aliphatic carbocycles. The number of hydrogen-bond donors (Lipinski definition) is 0. The molecule has 6 rings (SSSR count). The summed E-state index contributed by atoms with van der Waals surface area (Å²) in [5.74, 6) is 2.51. The third-order valence-electron chi connectivity index (χ3n) is 7.55. The van der Waals surface area contributed by atoms with E-state index in [2.05, 4.69) is 136 Å². The zero-order valence-corrected chi connectivity index (χ0v) is 24.4. The monoisotopic (exact) mass is 529 g/mol. The molecule has 5 nitrogen and oxygen atoms in total. The number of aryl methyl sites for hydroxylation is 1. The van der Waals surface area contributed by atoms with Crippen LogP contribution in [0, 0.1) is 0 Å². The van der Waals surface area contributed by atoms with Gasteiger partial charge in [0.25, 0.3) is 0 Å². The summed E-state index contributed by atoms with van der Waals surface area (Å²) in [7, 11) is 2.03. The van der Waals surface area contributed by atoms with E-state index >= 15 is 0 Å². The third-order valence-corrected chi connectivity index (χ3v) is 7.55. The first-order chi connectivity index (χ1) is 19.0. The van der Waals surface area contributed by atoms with Gasteiger partial charge in [-0.2, -0.15) is 0 Å². The zero-order valence-electron chi connectivity index (χ0n) is 24.4. The number of rotatable bonds is 4. The highest BCUT2D eigenvalue weighted by Gasteiger charge is 2.20. The summed E-state index contributed by atoms with van der Waals surface area (Å²) in [6, 6.07) is 25.7. The molecule has 0 saturated heterocycles. The first-order valence-electron chi connectivity index (χ1n) is 13.8. The lowest BCUT2D eigenvalue weighted by Gasteiger charge is -2.21. The predicted octanol–water partition coefficient (Wildman–Crippen LogP) is 8.18. The van der Waals surface area contributed by atoms with Crippen molar-refractivity contribution in [3.63, 3.8) is 0 Å². The van der Waals surface area contributed by atoms with E-state index < -0.39 is 0 Å². The smallest absolute Gasteiger partial charge is 0.248 e. The number of nitrogens with zero attached hydrogens (tertiary/aromatic N) is 4. The fourth-order valence-electron chi connectivity index (χ4n) is 5.23. The van der Waals surface area contributed by atoms with Crippen molar-refractivity contribution in [2.45, 2.75) is 52.4 Å². The summed E-state index contributed by atoms with van der Waals surface area (Å²) >= 11 is 0. The van der Waals surface area contributed by atoms with Crippen LogP contribution in [0.3, 0.4) is 0 Å². The third kappa shape index (κ3) is 4.77. The number of para-hydroxylation sites is 1. The van der Waals surface area contributed by atoms with Crippen molar-refractivity contribution < 1.29 is 9.30 Å². The van der Waals surface area contributed by atoms with E-state index in [1.54, 1.807) is 0 Å². The van der Waals surface area contributed by atoms with Gasteiger partial charge in [0.1, 0.15) is 35.4 Å². The molecule has 0 bridgehead atoms. The van der Waals surface area contributed by atoms with Crippen LogP contribution in [0.4, 0.5) is 0 Å². The molecule has 3 aromatic carbocycles. The average Bonchev–Trinajstić information content (AvgIpc) is 3.48. The van der Waals surface area contributed by atoms with Crippen LogP contribution in [-0.4, -0.2) is 14.1 Å². The first kappa shape index (κ1) is 25.9. The van der Waals surface area contributed by atoms with E-state index in [1.807, 2.05) is 24.0 Å². The van der Waals surface area contributed by atoms with Crippen molar-refractivity contribution >= 4 is 21.8 Å². The Kier molecular flexibility index (Phi) is 6.06. The van der Waals surface area contributed by atoms with Gasteiger partial charge in [0.05, 0.1) is 18.1 Å². The van der Waals surface area contributed by atoms with E-state index in [-0.39, 0.29) is 10.8 Å². The van der Waals surface area contributed by atoms with Crippen LogP contribution in [0.1, 0.15) is 52.7 Å². The maximum absolute atomic E-state index is 6.60. The molecular weight excluding hydrogens is 492 g/mol. The molecule has 0 spiro atoms. The van der Waals surface area contributed by atoms with E-state index in [9.17, 15) is 0 Å². The van der Waals surface area contributed by atoms with Gasteiger partial charge in [-0.25, -0.2) is 14.1 Å².